The van der Waals surface area contributed by atoms with E-state index < -0.39 is 23.8 Å². The number of hydrogen-bond donors (Lipinski definition) is 3. The molecule has 53 heavy (non-hydrogen) atoms. The number of amides is 1. The number of unbranched alkanes of at least 4 members (excludes halogenated alkanes) is 4. The maximum absolute atomic E-state index is 13.7. The van der Waals surface area contributed by atoms with E-state index in [1.54, 1.807) is 12.4 Å². The fourth-order valence-electron chi connectivity index (χ4n) is 5.92. The molecule has 0 fully saturated rings. The van der Waals surface area contributed by atoms with Gasteiger partial charge in [-0.1, -0.05) is 89.8 Å². The molecule has 0 aliphatic carbocycles. The van der Waals surface area contributed by atoms with E-state index in [2.05, 4.69) is 52.9 Å². The number of aliphatic carboxylic acids is 1. The smallest absolute Gasteiger partial charge is 0.326 e. The van der Waals surface area contributed by atoms with Crippen molar-refractivity contribution in [2.75, 3.05) is 6.61 Å². The van der Waals surface area contributed by atoms with Crippen molar-refractivity contribution in [3.05, 3.63) is 107 Å². The van der Waals surface area contributed by atoms with E-state index in [-0.39, 0.29) is 30.5 Å². The summed E-state index contributed by atoms with van der Waals surface area (Å²) in [6.45, 7) is 9.19. The minimum Gasteiger partial charge on any atom is -0.494 e. The second-order valence-corrected chi connectivity index (χ2v) is 15.5. The molecule has 0 aliphatic heterocycles. The van der Waals surface area contributed by atoms with Gasteiger partial charge in [-0.25, -0.2) is 19.7 Å². The summed E-state index contributed by atoms with van der Waals surface area (Å²) in [5.41, 5.74) is 3.98. The third-order valence-corrected chi connectivity index (χ3v) is 10.6. The van der Waals surface area contributed by atoms with Gasteiger partial charge >= 0.3 is 5.97 Å². The van der Waals surface area contributed by atoms with Gasteiger partial charge in [0.15, 0.2) is 11.6 Å². The Hall–Kier alpha value is -5.16. The number of Topliss-reactive ketones (excluding diaryl/α,β-unsaturated/α-hetero) is 1. The number of imidazole rings is 1. The van der Waals surface area contributed by atoms with Gasteiger partial charge in [-0.05, 0) is 53.6 Å². The number of hydrogen-bond acceptors (Lipinski definition) is 8. The number of ketones is 1. The van der Waals surface area contributed by atoms with Crippen LogP contribution in [0.25, 0.3) is 22.5 Å². The van der Waals surface area contributed by atoms with Crippen molar-refractivity contribution in [3.8, 4) is 28.3 Å². The number of carboxylic acid groups (broad SMARTS) is 1. The number of H-pyrrole nitrogens is 1. The summed E-state index contributed by atoms with van der Waals surface area (Å²) in [4.78, 5) is 57.0. The molecule has 1 amide bonds. The quantitative estimate of drug-likeness (QED) is 0.0565. The zero-order valence-electron chi connectivity index (χ0n) is 30.9. The van der Waals surface area contributed by atoms with Gasteiger partial charge in [-0.2, -0.15) is 0 Å². The molecule has 3 N–H and O–H groups in total. The maximum Gasteiger partial charge on any atom is 0.326 e. The van der Waals surface area contributed by atoms with E-state index in [1.807, 2.05) is 60.7 Å². The van der Waals surface area contributed by atoms with Crippen LogP contribution in [0, 0.1) is 5.92 Å². The van der Waals surface area contributed by atoms with Gasteiger partial charge in [0.25, 0.3) is 0 Å². The number of thiophene rings is 1. The molecule has 11 heteroatoms. The molecular weight excluding hydrogens is 687 g/mol. The first-order valence-corrected chi connectivity index (χ1v) is 19.1. The molecule has 5 aromatic rings. The van der Waals surface area contributed by atoms with Gasteiger partial charge in [-0.3, -0.25) is 9.59 Å². The number of carboxylic acids is 1. The zero-order chi connectivity index (χ0) is 37.8. The van der Waals surface area contributed by atoms with Crippen LogP contribution in [0.1, 0.15) is 92.0 Å². The van der Waals surface area contributed by atoms with Gasteiger partial charge in [0.05, 0.1) is 17.8 Å². The largest absolute Gasteiger partial charge is 0.494 e. The van der Waals surface area contributed by atoms with Crippen molar-refractivity contribution in [3.63, 3.8) is 0 Å². The minimum atomic E-state index is -1.19. The monoisotopic (exact) mass is 735 g/mol. The van der Waals surface area contributed by atoms with E-state index in [9.17, 15) is 19.5 Å². The molecule has 0 aliphatic rings. The van der Waals surface area contributed by atoms with Crippen molar-refractivity contribution >= 4 is 29.0 Å². The van der Waals surface area contributed by atoms with Gasteiger partial charge in [0, 0.05) is 59.0 Å². The average molecular weight is 736 g/mol. The van der Waals surface area contributed by atoms with Crippen LogP contribution in [0.2, 0.25) is 0 Å². The normalized spacial score (nSPS) is 12.6. The number of rotatable bonds is 19. The van der Waals surface area contributed by atoms with Crippen molar-refractivity contribution in [1.82, 2.24) is 25.3 Å². The Morgan fingerprint density at radius 3 is 2.17 bits per heavy atom. The summed E-state index contributed by atoms with van der Waals surface area (Å²) >= 11 is 1.43. The molecule has 0 unspecified atom stereocenters. The first kappa shape index (κ1) is 39.1. The van der Waals surface area contributed by atoms with Crippen LogP contribution >= 0.6 is 11.3 Å². The number of nitrogens with zero attached hydrogens (tertiary/aromatic N) is 3. The first-order valence-electron chi connectivity index (χ1n) is 18.3. The summed E-state index contributed by atoms with van der Waals surface area (Å²) in [7, 11) is 0. The Bertz CT molecular complexity index is 1910. The summed E-state index contributed by atoms with van der Waals surface area (Å²) in [6.07, 6.45) is 12.8. The molecule has 0 bridgehead atoms. The van der Waals surface area contributed by atoms with Crippen LogP contribution < -0.4 is 10.1 Å². The summed E-state index contributed by atoms with van der Waals surface area (Å²) in [5, 5.41) is 12.6. The highest BCUT2D eigenvalue weighted by Crippen LogP contribution is 2.31. The number of aromatic amines is 1. The number of carbonyl (C=O) groups is 3. The van der Waals surface area contributed by atoms with Crippen LogP contribution in [0.3, 0.4) is 0 Å². The van der Waals surface area contributed by atoms with E-state index in [1.165, 1.54) is 49.5 Å². The molecule has 5 rings (SSSR count). The molecular formula is C42H49N5O5S. The average Bonchev–Trinajstić information content (AvgIpc) is 3.87. The van der Waals surface area contributed by atoms with Gasteiger partial charge in [0.1, 0.15) is 11.8 Å². The Morgan fingerprint density at radius 1 is 0.849 bits per heavy atom. The Labute approximate surface area is 315 Å². The van der Waals surface area contributed by atoms with Crippen LogP contribution in [0.5, 0.6) is 5.75 Å². The van der Waals surface area contributed by atoms with Crippen molar-refractivity contribution in [2.24, 2.45) is 5.92 Å². The minimum absolute atomic E-state index is 0.0358. The van der Waals surface area contributed by atoms with E-state index in [0.717, 1.165) is 45.9 Å². The lowest BCUT2D eigenvalue weighted by Gasteiger charge is -2.20. The Kier molecular flexibility index (Phi) is 13.7. The van der Waals surface area contributed by atoms with E-state index in [4.69, 9.17) is 4.74 Å². The molecule has 278 valence electrons. The van der Waals surface area contributed by atoms with Crippen LogP contribution in [0.4, 0.5) is 0 Å². The highest BCUT2D eigenvalue weighted by atomic mass is 32.1. The molecule has 2 aromatic carbocycles. The summed E-state index contributed by atoms with van der Waals surface area (Å²) < 4.78 is 5.90. The zero-order valence-corrected chi connectivity index (χ0v) is 31.7. The van der Waals surface area contributed by atoms with Crippen molar-refractivity contribution in [2.45, 2.75) is 90.5 Å². The topological polar surface area (TPSA) is 147 Å². The maximum atomic E-state index is 13.7. The van der Waals surface area contributed by atoms with Crippen molar-refractivity contribution in [1.29, 1.82) is 0 Å². The molecule has 0 saturated heterocycles. The van der Waals surface area contributed by atoms with Crippen LogP contribution in [-0.4, -0.2) is 55.4 Å². The molecule has 2 atom stereocenters. The lowest BCUT2D eigenvalue weighted by Crippen LogP contribution is -2.45. The van der Waals surface area contributed by atoms with Gasteiger partial charge in [0.2, 0.25) is 5.91 Å². The number of benzene rings is 2. The third-order valence-electron chi connectivity index (χ3n) is 9.07. The Morgan fingerprint density at radius 2 is 1.55 bits per heavy atom. The predicted octanol–water partition coefficient (Wildman–Crippen LogP) is 8.49. The van der Waals surface area contributed by atoms with Gasteiger partial charge < -0.3 is 20.1 Å². The molecule has 3 heterocycles. The molecule has 3 aromatic heterocycles. The number of nitrogens with one attached hydrogen (secondary N) is 2. The third kappa shape index (κ3) is 11.4. The summed E-state index contributed by atoms with van der Waals surface area (Å²) in [6, 6.07) is 18.1. The standard InChI is InChI=1S/C42H49N5O5S/c1-5-6-7-8-9-20-52-34-16-14-29(15-17-34)32-24-44-39(45-25-32)30-12-10-28(11-13-30)21-31(22-36(48)37-18-19-38(53-37)42(2,3)4)40(49)47-35(41(50)51)23-33-26-43-27-46-33/h10-19,24-27,31,35H,5-9,20-23H2,1-4H3,(H,43,46)(H,47,49)(H,50,51)/t31-,35+/m1/s1. The number of ether oxygens (including phenoxy) is 1. The van der Waals surface area contributed by atoms with Crippen molar-refractivity contribution < 1.29 is 24.2 Å². The first-order chi connectivity index (χ1) is 25.5. The predicted molar refractivity (Wildman–Crippen MR) is 208 cm³/mol. The SMILES string of the molecule is CCCCCCCOc1ccc(-c2cnc(-c3ccc(C[C@H](CC(=O)c4ccc(C(C)(C)C)s4)C(=O)N[C@@H](Cc4cnc[nH]4)C(=O)O)cc3)nc2)cc1. The summed E-state index contributed by atoms with van der Waals surface area (Å²) in [5.74, 6) is -1.21. The molecule has 10 nitrogen and oxygen atoms in total. The highest BCUT2D eigenvalue weighted by molar-refractivity contribution is 7.14. The van der Waals surface area contributed by atoms with E-state index in [0.29, 0.717) is 16.4 Å². The van der Waals surface area contributed by atoms with Crippen LogP contribution in [-0.2, 0) is 27.8 Å². The molecule has 0 spiro atoms. The number of carbonyl (C=O) groups excluding carboxylic acids is 2. The number of aromatic nitrogens is 4. The van der Waals surface area contributed by atoms with Gasteiger partial charge in [-0.15, -0.1) is 11.3 Å². The fourth-order valence-corrected chi connectivity index (χ4v) is 6.93. The fraction of sp³-hybridized carbons (Fsp3) is 0.381. The Balaban J connectivity index is 1.25. The lowest BCUT2D eigenvalue weighted by molar-refractivity contribution is -0.142. The highest BCUT2D eigenvalue weighted by Gasteiger charge is 2.29. The van der Waals surface area contributed by atoms with Crippen LogP contribution in [0.15, 0.2) is 85.6 Å². The molecule has 0 radical (unpaired) electrons. The molecule has 0 saturated carbocycles. The van der Waals surface area contributed by atoms with E-state index >= 15 is 0 Å². The second kappa shape index (κ2) is 18.6. The second-order valence-electron chi connectivity index (χ2n) is 14.4. The lowest BCUT2D eigenvalue weighted by atomic mass is 9.92.